The van der Waals surface area contributed by atoms with E-state index >= 15 is 0 Å². The van der Waals surface area contributed by atoms with Gasteiger partial charge in [-0.25, -0.2) is 0 Å². The average molecular weight is 946 g/mol. The summed E-state index contributed by atoms with van der Waals surface area (Å²) in [4.78, 5) is 25.5. The molecule has 0 rings (SSSR count). The predicted molar refractivity (Wildman–Crippen MR) is 297 cm³/mol. The highest BCUT2D eigenvalue weighted by Crippen LogP contribution is 2.14. The third kappa shape index (κ3) is 55.4. The highest BCUT2D eigenvalue weighted by molar-refractivity contribution is 5.70. The van der Waals surface area contributed by atoms with Crippen LogP contribution in [0.3, 0.4) is 0 Å². The Balaban J connectivity index is 4.34. The van der Waals surface area contributed by atoms with Gasteiger partial charge in [-0.05, 0) is 122 Å². The van der Waals surface area contributed by atoms with Gasteiger partial charge >= 0.3 is 11.9 Å². The topological polar surface area (TPSA) is 61.8 Å². The zero-order valence-corrected chi connectivity index (χ0v) is 44.8. The van der Waals surface area contributed by atoms with E-state index in [4.69, 9.17) is 14.2 Å². The Labute approximate surface area is 422 Å². The fourth-order valence-electron chi connectivity index (χ4n) is 7.80. The lowest BCUT2D eigenvalue weighted by Gasteiger charge is -2.18. The molecular weight excluding hydrogens is 837 g/mol. The number of ether oxygens (including phenoxy) is 3. The van der Waals surface area contributed by atoms with Crippen molar-refractivity contribution in [2.45, 2.75) is 271 Å². The lowest BCUT2D eigenvalue weighted by atomic mass is 10.1. The van der Waals surface area contributed by atoms with Crippen molar-refractivity contribution in [3.63, 3.8) is 0 Å². The van der Waals surface area contributed by atoms with Crippen molar-refractivity contribution < 1.29 is 23.8 Å². The minimum absolute atomic E-state index is 0.0657. The molecule has 0 aromatic carbocycles. The number of carbonyl (C=O) groups is 2. The van der Waals surface area contributed by atoms with Crippen LogP contribution in [-0.4, -0.2) is 37.9 Å². The normalized spacial score (nSPS) is 12.9. The molecule has 0 radical (unpaired) electrons. The molecular formula is C63H108O5. The average Bonchev–Trinajstić information content (AvgIpc) is 3.34. The van der Waals surface area contributed by atoms with E-state index in [1.165, 1.54) is 135 Å². The Morgan fingerprint density at radius 2 is 0.662 bits per heavy atom. The van der Waals surface area contributed by atoms with Crippen LogP contribution >= 0.6 is 0 Å². The van der Waals surface area contributed by atoms with Crippen LogP contribution in [0.1, 0.15) is 265 Å². The maximum atomic E-state index is 12.9. The lowest BCUT2D eigenvalue weighted by Crippen LogP contribution is -2.30. The monoisotopic (exact) mass is 945 g/mol. The molecule has 0 aromatic heterocycles. The van der Waals surface area contributed by atoms with Crippen molar-refractivity contribution in [1.29, 1.82) is 0 Å². The Morgan fingerprint density at radius 1 is 0.338 bits per heavy atom. The molecule has 68 heavy (non-hydrogen) atoms. The summed E-state index contributed by atoms with van der Waals surface area (Å²) < 4.78 is 17.5. The van der Waals surface area contributed by atoms with Gasteiger partial charge in [0.05, 0.1) is 6.61 Å². The fraction of sp³-hybridized carbons (Fsp3) is 0.714. The van der Waals surface area contributed by atoms with Gasteiger partial charge in [-0.3, -0.25) is 9.59 Å². The second kappa shape index (κ2) is 58.1. The molecule has 0 aliphatic rings. The molecule has 5 nitrogen and oxygen atoms in total. The van der Waals surface area contributed by atoms with E-state index in [0.717, 1.165) is 96.3 Å². The smallest absolute Gasteiger partial charge is 0.306 e. The number of unbranched alkanes of at least 4 members (excludes halogenated alkanes) is 25. The standard InChI is InChI=1S/C63H108O5/c1-4-7-10-13-16-19-22-25-28-30-31-32-34-37-40-43-46-49-52-55-58-66-59-61(68-63(65)57-54-51-48-45-42-39-35-27-24-21-18-15-12-9-6-3)60-67-62(64)56-53-50-47-44-41-38-36-33-29-26-23-20-17-14-11-8-5-2/h9,12,16-21,25-29,31-32,35,61H,4-8,10-11,13-15,22-24,30,33-34,36-60H2,1-3H3/b12-9-,19-16-,20-17-,21-18-,28-25-,29-26-,32-31-,35-27-. The molecule has 0 aliphatic heterocycles. The zero-order valence-electron chi connectivity index (χ0n) is 44.8. The van der Waals surface area contributed by atoms with Gasteiger partial charge in [-0.15, -0.1) is 0 Å². The zero-order chi connectivity index (χ0) is 49.2. The molecule has 0 spiro atoms. The first-order chi connectivity index (χ1) is 33.6. The third-order valence-corrected chi connectivity index (χ3v) is 12.1. The summed E-state index contributed by atoms with van der Waals surface area (Å²) in [6, 6.07) is 0. The van der Waals surface area contributed by atoms with E-state index in [-0.39, 0.29) is 25.2 Å². The van der Waals surface area contributed by atoms with E-state index in [2.05, 4.69) is 118 Å². The van der Waals surface area contributed by atoms with Crippen molar-refractivity contribution >= 4 is 11.9 Å². The molecule has 5 heteroatoms. The van der Waals surface area contributed by atoms with Gasteiger partial charge in [0, 0.05) is 19.4 Å². The van der Waals surface area contributed by atoms with Gasteiger partial charge in [0.15, 0.2) is 6.10 Å². The molecule has 0 saturated carbocycles. The van der Waals surface area contributed by atoms with E-state index in [9.17, 15) is 9.59 Å². The van der Waals surface area contributed by atoms with Gasteiger partial charge in [0.25, 0.3) is 0 Å². The van der Waals surface area contributed by atoms with Crippen molar-refractivity contribution in [2.24, 2.45) is 0 Å². The number of hydrogen-bond donors (Lipinski definition) is 0. The lowest BCUT2D eigenvalue weighted by molar-refractivity contribution is -0.163. The largest absolute Gasteiger partial charge is 0.462 e. The Hall–Kier alpha value is -3.18. The predicted octanol–water partition coefficient (Wildman–Crippen LogP) is 19.8. The number of esters is 2. The SMILES string of the molecule is CC/C=C\C/C=C\C/C=C\CCCCCCCC(=O)OC(COCCCCCCCCC/C=C\C/C=C\C/C=C\CCCCC)COC(=O)CCCCCCCCC/C=C\C/C=C\CCCCC. The second-order valence-electron chi connectivity index (χ2n) is 18.8. The summed E-state index contributed by atoms with van der Waals surface area (Å²) in [6.07, 6.45) is 78.5. The quantitative estimate of drug-likeness (QED) is 0.0345. The third-order valence-electron chi connectivity index (χ3n) is 12.1. The molecule has 0 aliphatic carbocycles. The van der Waals surface area contributed by atoms with E-state index in [1.807, 2.05) is 0 Å². The van der Waals surface area contributed by atoms with Gasteiger partial charge < -0.3 is 14.2 Å². The Morgan fingerprint density at radius 3 is 1.06 bits per heavy atom. The minimum Gasteiger partial charge on any atom is -0.462 e. The van der Waals surface area contributed by atoms with Crippen LogP contribution in [0.25, 0.3) is 0 Å². The first-order valence-corrected chi connectivity index (χ1v) is 28.8. The molecule has 0 heterocycles. The van der Waals surface area contributed by atoms with Crippen molar-refractivity contribution in [3.8, 4) is 0 Å². The summed E-state index contributed by atoms with van der Waals surface area (Å²) in [6.45, 7) is 7.63. The Bertz CT molecular complexity index is 1300. The summed E-state index contributed by atoms with van der Waals surface area (Å²) in [7, 11) is 0. The highest BCUT2D eigenvalue weighted by atomic mass is 16.6. The van der Waals surface area contributed by atoms with Crippen LogP contribution in [0.15, 0.2) is 97.2 Å². The molecule has 1 atom stereocenters. The first-order valence-electron chi connectivity index (χ1n) is 28.8. The number of carbonyl (C=O) groups excluding carboxylic acids is 2. The van der Waals surface area contributed by atoms with Gasteiger partial charge in [-0.2, -0.15) is 0 Å². The van der Waals surface area contributed by atoms with Gasteiger partial charge in [0.1, 0.15) is 6.61 Å². The van der Waals surface area contributed by atoms with Crippen molar-refractivity contribution in [2.75, 3.05) is 19.8 Å². The van der Waals surface area contributed by atoms with Crippen LogP contribution in [0, 0.1) is 0 Å². The Kier molecular flexibility index (Phi) is 55.4. The van der Waals surface area contributed by atoms with Crippen LogP contribution in [0.4, 0.5) is 0 Å². The maximum Gasteiger partial charge on any atom is 0.306 e. The highest BCUT2D eigenvalue weighted by Gasteiger charge is 2.17. The van der Waals surface area contributed by atoms with Crippen LogP contribution in [-0.2, 0) is 23.8 Å². The molecule has 0 amide bonds. The van der Waals surface area contributed by atoms with E-state index < -0.39 is 6.10 Å². The number of allylic oxidation sites excluding steroid dienone is 16. The molecule has 0 bridgehead atoms. The maximum absolute atomic E-state index is 12.9. The number of hydrogen-bond acceptors (Lipinski definition) is 5. The van der Waals surface area contributed by atoms with E-state index in [0.29, 0.717) is 19.4 Å². The molecule has 0 fully saturated rings. The van der Waals surface area contributed by atoms with Crippen molar-refractivity contribution in [1.82, 2.24) is 0 Å². The van der Waals surface area contributed by atoms with E-state index in [1.54, 1.807) is 0 Å². The summed E-state index contributed by atoms with van der Waals surface area (Å²) in [5, 5.41) is 0. The molecule has 0 aromatic rings. The first kappa shape index (κ1) is 64.8. The number of rotatable bonds is 52. The minimum atomic E-state index is -0.560. The molecule has 390 valence electrons. The second-order valence-corrected chi connectivity index (χ2v) is 18.8. The van der Waals surface area contributed by atoms with Crippen LogP contribution in [0.2, 0.25) is 0 Å². The summed E-state index contributed by atoms with van der Waals surface area (Å²) >= 11 is 0. The van der Waals surface area contributed by atoms with Gasteiger partial charge in [0.2, 0.25) is 0 Å². The van der Waals surface area contributed by atoms with Crippen LogP contribution in [0.5, 0.6) is 0 Å². The van der Waals surface area contributed by atoms with Crippen molar-refractivity contribution in [3.05, 3.63) is 97.2 Å². The molecule has 0 N–H and O–H groups in total. The summed E-state index contributed by atoms with van der Waals surface area (Å²) in [5.74, 6) is -0.430. The molecule has 1 unspecified atom stereocenters. The molecule has 0 saturated heterocycles. The fourth-order valence-corrected chi connectivity index (χ4v) is 7.80. The van der Waals surface area contributed by atoms with Crippen LogP contribution < -0.4 is 0 Å². The van der Waals surface area contributed by atoms with Gasteiger partial charge in [-0.1, -0.05) is 227 Å². The summed E-state index contributed by atoms with van der Waals surface area (Å²) in [5.41, 5.74) is 0.